The number of imidazole rings is 1. The summed E-state index contributed by atoms with van der Waals surface area (Å²) in [6, 6.07) is 12.6. The van der Waals surface area contributed by atoms with Crippen LogP contribution in [-0.4, -0.2) is 19.6 Å². The maximum Gasteiger partial charge on any atom is 0.137 e. The second-order valence-electron chi connectivity index (χ2n) is 4.52. The second kappa shape index (κ2) is 4.74. The first kappa shape index (κ1) is 11.7. The average Bonchev–Trinajstić information content (AvgIpc) is 2.85. The van der Waals surface area contributed by atoms with Gasteiger partial charge in [0, 0.05) is 18.8 Å². The summed E-state index contributed by atoms with van der Waals surface area (Å²) in [5.41, 5.74) is 2.43. The molecule has 0 radical (unpaired) electrons. The predicted octanol–water partition coefficient (Wildman–Crippen LogP) is 2.32. The number of hydrogen-bond acceptors (Lipinski definition) is 3. The molecule has 0 spiro atoms. The van der Waals surface area contributed by atoms with Crippen LogP contribution < -0.4 is 0 Å². The molecule has 19 heavy (non-hydrogen) atoms. The number of benzene rings is 1. The molecule has 1 aromatic carbocycles. The Labute approximate surface area is 110 Å². The van der Waals surface area contributed by atoms with Crippen molar-refractivity contribution in [1.82, 2.24) is 9.38 Å². The summed E-state index contributed by atoms with van der Waals surface area (Å²) in [7, 11) is 0. The molecule has 2 N–H and O–H groups in total. The minimum atomic E-state index is -0.649. The van der Waals surface area contributed by atoms with E-state index in [1.807, 2.05) is 35.0 Å². The van der Waals surface area contributed by atoms with Gasteiger partial charge in [-0.05, 0) is 29.8 Å². The van der Waals surface area contributed by atoms with Crippen LogP contribution in [-0.2, 0) is 6.42 Å². The summed E-state index contributed by atoms with van der Waals surface area (Å²) < 4.78 is 1.88. The number of pyridine rings is 1. The van der Waals surface area contributed by atoms with E-state index in [9.17, 15) is 10.2 Å². The highest BCUT2D eigenvalue weighted by Gasteiger charge is 2.12. The Morgan fingerprint density at radius 2 is 1.89 bits per heavy atom. The van der Waals surface area contributed by atoms with Crippen LogP contribution in [0.1, 0.15) is 17.4 Å². The number of hydrogen-bond donors (Lipinski definition) is 2. The lowest BCUT2D eigenvalue weighted by Crippen LogP contribution is -2.01. The number of aromatic nitrogens is 2. The zero-order chi connectivity index (χ0) is 13.2. The third-order valence-electron chi connectivity index (χ3n) is 3.09. The standard InChI is InChI=1S/C15H14N2O2/c18-12-6-4-11(5-7-12)9-14(19)13-10-17-8-2-1-3-15(17)16-13/h1-8,10,14,18-19H,9H2. The second-order valence-corrected chi connectivity index (χ2v) is 4.52. The molecule has 1 unspecified atom stereocenters. The fourth-order valence-corrected chi connectivity index (χ4v) is 2.07. The maximum absolute atomic E-state index is 10.2. The van der Waals surface area contributed by atoms with Gasteiger partial charge >= 0.3 is 0 Å². The van der Waals surface area contributed by atoms with Crippen LogP contribution in [0.3, 0.4) is 0 Å². The minimum absolute atomic E-state index is 0.228. The monoisotopic (exact) mass is 254 g/mol. The zero-order valence-electron chi connectivity index (χ0n) is 10.3. The van der Waals surface area contributed by atoms with Gasteiger partial charge in [0.2, 0.25) is 0 Å². The van der Waals surface area contributed by atoms with Crippen molar-refractivity contribution in [3.8, 4) is 5.75 Å². The van der Waals surface area contributed by atoms with Crippen LogP contribution in [0.25, 0.3) is 5.65 Å². The van der Waals surface area contributed by atoms with Gasteiger partial charge in [0.1, 0.15) is 17.5 Å². The molecule has 2 heterocycles. The Bertz CT molecular complexity index is 656. The molecule has 0 bridgehead atoms. The van der Waals surface area contributed by atoms with Gasteiger partial charge in [0.05, 0.1) is 5.69 Å². The molecular weight excluding hydrogens is 240 g/mol. The summed E-state index contributed by atoms with van der Waals surface area (Å²) in [5.74, 6) is 0.228. The molecule has 0 saturated heterocycles. The van der Waals surface area contributed by atoms with E-state index in [-0.39, 0.29) is 5.75 Å². The molecule has 0 aliphatic carbocycles. The molecular formula is C15H14N2O2. The van der Waals surface area contributed by atoms with Crippen molar-refractivity contribution < 1.29 is 10.2 Å². The molecule has 1 atom stereocenters. The van der Waals surface area contributed by atoms with Crippen LogP contribution in [0.5, 0.6) is 5.75 Å². The summed E-state index contributed by atoms with van der Waals surface area (Å²) >= 11 is 0. The molecule has 4 nitrogen and oxygen atoms in total. The number of aromatic hydroxyl groups is 1. The third kappa shape index (κ3) is 2.44. The van der Waals surface area contributed by atoms with Gasteiger partial charge in [-0.15, -0.1) is 0 Å². The number of fused-ring (bicyclic) bond motifs is 1. The van der Waals surface area contributed by atoms with Crippen LogP contribution in [0.15, 0.2) is 54.9 Å². The molecule has 96 valence electrons. The fraction of sp³-hybridized carbons (Fsp3) is 0.133. The van der Waals surface area contributed by atoms with E-state index in [0.717, 1.165) is 11.2 Å². The average molecular weight is 254 g/mol. The Kier molecular flexibility index (Phi) is 2.93. The highest BCUT2D eigenvalue weighted by Crippen LogP contribution is 2.19. The van der Waals surface area contributed by atoms with Gasteiger partial charge < -0.3 is 14.6 Å². The lowest BCUT2D eigenvalue weighted by Gasteiger charge is -2.07. The molecule has 3 rings (SSSR count). The smallest absolute Gasteiger partial charge is 0.137 e. The van der Waals surface area contributed by atoms with E-state index in [4.69, 9.17) is 0 Å². The van der Waals surface area contributed by atoms with Gasteiger partial charge in [-0.3, -0.25) is 0 Å². The highest BCUT2D eigenvalue weighted by molar-refractivity contribution is 5.40. The zero-order valence-corrected chi connectivity index (χ0v) is 10.3. The van der Waals surface area contributed by atoms with Crippen molar-refractivity contribution in [2.75, 3.05) is 0 Å². The summed E-state index contributed by atoms with van der Waals surface area (Å²) in [5, 5.41) is 19.4. The normalized spacial score (nSPS) is 12.7. The third-order valence-corrected chi connectivity index (χ3v) is 3.09. The number of aliphatic hydroxyl groups excluding tert-OH is 1. The van der Waals surface area contributed by atoms with E-state index in [1.54, 1.807) is 24.3 Å². The summed E-state index contributed by atoms with van der Waals surface area (Å²) in [4.78, 5) is 4.39. The first-order valence-corrected chi connectivity index (χ1v) is 6.12. The quantitative estimate of drug-likeness (QED) is 0.754. The molecule has 4 heteroatoms. The SMILES string of the molecule is Oc1ccc(CC(O)c2cn3ccccc3n2)cc1. The van der Waals surface area contributed by atoms with E-state index < -0.39 is 6.10 Å². The lowest BCUT2D eigenvalue weighted by atomic mass is 10.1. The van der Waals surface area contributed by atoms with E-state index in [0.29, 0.717) is 12.1 Å². The maximum atomic E-state index is 10.2. The van der Waals surface area contributed by atoms with Crippen LogP contribution in [0.2, 0.25) is 0 Å². The van der Waals surface area contributed by atoms with Crippen molar-refractivity contribution in [3.05, 3.63) is 66.1 Å². The number of phenols is 1. The van der Waals surface area contributed by atoms with Gasteiger partial charge in [-0.2, -0.15) is 0 Å². The lowest BCUT2D eigenvalue weighted by molar-refractivity contribution is 0.174. The van der Waals surface area contributed by atoms with Crippen molar-refractivity contribution in [2.45, 2.75) is 12.5 Å². The van der Waals surface area contributed by atoms with Crippen molar-refractivity contribution >= 4 is 5.65 Å². The van der Waals surface area contributed by atoms with Crippen molar-refractivity contribution in [1.29, 1.82) is 0 Å². The van der Waals surface area contributed by atoms with Crippen LogP contribution in [0.4, 0.5) is 0 Å². The van der Waals surface area contributed by atoms with Gasteiger partial charge in [0.25, 0.3) is 0 Å². The largest absolute Gasteiger partial charge is 0.508 e. The van der Waals surface area contributed by atoms with Crippen LogP contribution >= 0.6 is 0 Å². The first-order chi connectivity index (χ1) is 9.22. The van der Waals surface area contributed by atoms with Crippen molar-refractivity contribution in [3.63, 3.8) is 0 Å². The van der Waals surface area contributed by atoms with Gasteiger partial charge in [-0.1, -0.05) is 18.2 Å². The number of nitrogens with zero attached hydrogens (tertiary/aromatic N) is 2. The fourth-order valence-electron chi connectivity index (χ4n) is 2.07. The van der Waals surface area contributed by atoms with Gasteiger partial charge in [0.15, 0.2) is 0 Å². The number of phenolic OH excluding ortho intramolecular Hbond substituents is 1. The first-order valence-electron chi connectivity index (χ1n) is 6.12. The Hall–Kier alpha value is -2.33. The Morgan fingerprint density at radius 1 is 1.11 bits per heavy atom. The molecule has 0 fully saturated rings. The van der Waals surface area contributed by atoms with E-state index >= 15 is 0 Å². The topological polar surface area (TPSA) is 57.8 Å². The predicted molar refractivity (Wildman–Crippen MR) is 72.0 cm³/mol. The Balaban J connectivity index is 1.83. The summed E-state index contributed by atoms with van der Waals surface area (Å²) in [6.07, 6.45) is 3.56. The molecule has 2 aromatic heterocycles. The molecule has 0 amide bonds. The number of aliphatic hydroxyl groups is 1. The molecule has 3 aromatic rings. The van der Waals surface area contributed by atoms with E-state index in [1.165, 1.54) is 0 Å². The molecule has 0 aliphatic rings. The number of rotatable bonds is 3. The highest BCUT2D eigenvalue weighted by atomic mass is 16.3. The van der Waals surface area contributed by atoms with Crippen molar-refractivity contribution in [2.24, 2.45) is 0 Å². The van der Waals surface area contributed by atoms with E-state index in [2.05, 4.69) is 4.98 Å². The molecule has 0 saturated carbocycles. The van der Waals surface area contributed by atoms with Gasteiger partial charge in [-0.25, -0.2) is 4.98 Å². The summed E-state index contributed by atoms with van der Waals surface area (Å²) in [6.45, 7) is 0. The van der Waals surface area contributed by atoms with Crippen LogP contribution in [0, 0.1) is 0 Å². The molecule has 0 aliphatic heterocycles. The minimum Gasteiger partial charge on any atom is -0.508 e. The Morgan fingerprint density at radius 3 is 2.63 bits per heavy atom.